The van der Waals surface area contributed by atoms with Crippen LogP contribution in [0.5, 0.6) is 0 Å². The number of halogens is 12. The molecule has 1 rings (SSSR count). The van der Waals surface area contributed by atoms with Gasteiger partial charge in [-0.2, -0.15) is 4.91 Å². The Morgan fingerprint density at radius 1 is 0.621 bits per heavy atom. The number of hydrogen-bond donors (Lipinski definition) is 5. The number of aromatic nitrogens is 1. The van der Waals surface area contributed by atoms with Crippen molar-refractivity contribution in [2.24, 2.45) is 0 Å². The summed E-state index contributed by atoms with van der Waals surface area (Å²) in [4.78, 5) is 11.3. The van der Waals surface area contributed by atoms with Gasteiger partial charge in [0.1, 0.15) is 0 Å². The number of nitrogens with zero attached hydrogens (tertiary/aromatic N) is 1. The molecule has 0 aliphatic heterocycles. The van der Waals surface area contributed by atoms with Crippen molar-refractivity contribution in [2.75, 3.05) is 0 Å². The van der Waals surface area contributed by atoms with Crippen molar-refractivity contribution in [3.05, 3.63) is 35.0 Å². The molecule has 0 radical (unpaired) electrons. The zero-order valence-electron chi connectivity index (χ0n) is 14.6. The molecule has 0 aromatic carbocycles. The summed E-state index contributed by atoms with van der Waals surface area (Å²) in [5, 5.41) is 0. The van der Waals surface area contributed by atoms with E-state index in [1.165, 1.54) is 5.56 Å². The molecule has 0 spiro atoms. The molecule has 1 aromatic heterocycles. The molecule has 1 heterocycles. The Morgan fingerprint density at radius 3 is 0.828 bits per heavy atom. The number of aryl methyl sites for hydroxylation is 1. The molecular formula is C6H20B3F12N6ORu-. The fraction of sp³-hybridized carbons (Fsp3) is 0.167. The summed E-state index contributed by atoms with van der Waals surface area (Å²) >= 11 is 0. The molecule has 13 N–H and O–H groups in total. The minimum absolute atomic E-state index is 0. The van der Waals surface area contributed by atoms with Crippen LogP contribution in [0.1, 0.15) is 5.56 Å². The van der Waals surface area contributed by atoms with Crippen LogP contribution in [0.4, 0.5) is 51.8 Å². The molecule has 0 saturated heterocycles. The topological polar surface area (TPSA) is 194 Å². The Hall–Kier alpha value is -1.43. The van der Waals surface area contributed by atoms with Gasteiger partial charge in [0.05, 0.1) is 0 Å². The standard InChI is InChI=1S/C6H7N.3BF4.HNO.4H3N.Ru/c1-6-2-4-7-5-3-6;3*2-1(3,4)5;1-2;;;;;/h2-5H,1H3;;;;1H;4*1H3;/q;3*-1;;;;;;+2. The molecule has 182 valence electrons. The molecule has 0 atom stereocenters. The van der Waals surface area contributed by atoms with Crippen LogP contribution in [0.3, 0.4) is 0 Å². The van der Waals surface area contributed by atoms with E-state index in [9.17, 15) is 51.8 Å². The molecule has 0 aliphatic rings. The average molecular weight is 554 g/mol. The Kier molecular flexibility index (Phi) is 56.0. The number of nitroso groups, excluding NO2 is 1. The summed E-state index contributed by atoms with van der Waals surface area (Å²) in [7, 11) is -18.0. The first-order chi connectivity index (χ1) is 10.4. The third-order valence-electron chi connectivity index (χ3n) is 0.847. The van der Waals surface area contributed by atoms with E-state index in [1.54, 1.807) is 12.4 Å². The number of rotatable bonds is 0. The van der Waals surface area contributed by atoms with E-state index in [-0.39, 0.29) is 44.1 Å². The van der Waals surface area contributed by atoms with Crippen LogP contribution in [0.15, 0.2) is 24.5 Å². The summed E-state index contributed by atoms with van der Waals surface area (Å²) < 4.78 is 117. The van der Waals surface area contributed by atoms with Crippen molar-refractivity contribution in [3.63, 3.8) is 0 Å². The SMILES string of the molecule is Cc1ccncc1.F[B-](F)(F)F.F[B-](F)(F)F.F[B-](F)(F)F.N.N.N.N.N=O.[Ru+2]. The first-order valence-corrected chi connectivity index (χ1v) is 5.08. The van der Waals surface area contributed by atoms with Crippen molar-refractivity contribution < 1.29 is 71.3 Å². The van der Waals surface area contributed by atoms with Gasteiger partial charge in [0.25, 0.3) is 0 Å². The minimum atomic E-state index is -6.00. The fourth-order valence-corrected chi connectivity index (χ4v) is 0.426. The van der Waals surface area contributed by atoms with Gasteiger partial charge >= 0.3 is 41.2 Å². The zero-order chi connectivity index (χ0) is 20.6. The van der Waals surface area contributed by atoms with Gasteiger partial charge in [0, 0.05) is 12.4 Å². The molecule has 0 bridgehead atoms. The van der Waals surface area contributed by atoms with Gasteiger partial charge in [-0.1, -0.05) is 5.59 Å². The monoisotopic (exact) mass is 555 g/mol. The summed E-state index contributed by atoms with van der Waals surface area (Å²) in [5.74, 6) is 0. The summed E-state index contributed by atoms with van der Waals surface area (Å²) in [6.45, 7) is 2.04. The molecule has 23 heteroatoms. The quantitative estimate of drug-likeness (QED) is 0.143. The average Bonchev–Trinajstić information content (AvgIpc) is 2.25. The van der Waals surface area contributed by atoms with Crippen molar-refractivity contribution >= 4 is 21.8 Å². The van der Waals surface area contributed by atoms with Gasteiger partial charge in [-0.25, -0.2) is 0 Å². The van der Waals surface area contributed by atoms with E-state index in [0.717, 1.165) is 0 Å². The first-order valence-electron chi connectivity index (χ1n) is 5.08. The zero-order valence-corrected chi connectivity index (χ0v) is 16.4. The van der Waals surface area contributed by atoms with Gasteiger partial charge < -0.3 is 76.4 Å². The molecule has 0 amide bonds. The van der Waals surface area contributed by atoms with Crippen LogP contribution in [-0.4, -0.2) is 26.7 Å². The maximum absolute atomic E-state index is 9.75. The van der Waals surface area contributed by atoms with Crippen LogP contribution in [0.25, 0.3) is 0 Å². The normalized spacial score (nSPS) is 8.45. The molecule has 0 aliphatic carbocycles. The van der Waals surface area contributed by atoms with Gasteiger partial charge in [-0.3, -0.25) is 4.98 Å². The minimum Gasteiger partial charge on any atom is -0.418 e. The van der Waals surface area contributed by atoms with E-state index in [4.69, 9.17) is 4.91 Å². The summed E-state index contributed by atoms with van der Waals surface area (Å²) in [5.41, 5.74) is 5.76. The van der Waals surface area contributed by atoms with Gasteiger partial charge in [-0.05, 0) is 24.6 Å². The Balaban J connectivity index is -0.0000000244. The Labute approximate surface area is 171 Å². The van der Waals surface area contributed by atoms with E-state index in [0.29, 0.717) is 0 Å². The maximum atomic E-state index is 9.75. The molecule has 0 fully saturated rings. The third kappa shape index (κ3) is 372. The van der Waals surface area contributed by atoms with E-state index in [2.05, 4.69) is 10.6 Å². The Morgan fingerprint density at radius 2 is 0.759 bits per heavy atom. The smallest absolute Gasteiger partial charge is 0.418 e. The second-order valence-electron chi connectivity index (χ2n) is 3.01. The predicted octanol–water partition coefficient (Wildman–Crippen LogP) is 6.27. The van der Waals surface area contributed by atoms with Gasteiger partial charge in [0.15, 0.2) is 0 Å². The largest absolute Gasteiger partial charge is 2.00 e. The molecule has 1 aromatic rings. The predicted molar refractivity (Wildman–Crippen MR) is 85.7 cm³/mol. The Bertz CT molecular complexity index is 354. The molecule has 0 unspecified atom stereocenters. The van der Waals surface area contributed by atoms with E-state index >= 15 is 0 Å². The summed E-state index contributed by atoms with van der Waals surface area (Å²) in [6.07, 6.45) is 3.57. The molecular weight excluding hydrogens is 534 g/mol. The summed E-state index contributed by atoms with van der Waals surface area (Å²) in [6, 6.07) is 3.94. The second-order valence-corrected chi connectivity index (χ2v) is 3.01. The van der Waals surface area contributed by atoms with Gasteiger partial charge in [-0.15, -0.1) is 0 Å². The maximum Gasteiger partial charge on any atom is 2.00 e. The first kappa shape index (κ1) is 56.4. The molecule has 0 saturated carbocycles. The molecule has 7 nitrogen and oxygen atoms in total. The fourth-order valence-electron chi connectivity index (χ4n) is 0.426. The molecule has 29 heavy (non-hydrogen) atoms. The van der Waals surface area contributed by atoms with E-state index in [1.807, 2.05) is 19.1 Å². The van der Waals surface area contributed by atoms with Crippen molar-refractivity contribution in [3.8, 4) is 0 Å². The van der Waals surface area contributed by atoms with Crippen LogP contribution >= 0.6 is 0 Å². The van der Waals surface area contributed by atoms with Crippen LogP contribution < -0.4 is 24.6 Å². The second kappa shape index (κ2) is 28.8. The van der Waals surface area contributed by atoms with Crippen LogP contribution in [-0.2, 0) is 19.5 Å². The van der Waals surface area contributed by atoms with Crippen molar-refractivity contribution in [1.82, 2.24) is 29.6 Å². The number of nitrogens with one attached hydrogen (secondary N) is 1. The third-order valence-corrected chi connectivity index (χ3v) is 0.847. The number of hydrogen-bond acceptors (Lipinski definition) is 7. The van der Waals surface area contributed by atoms with Gasteiger partial charge in [0.2, 0.25) is 0 Å². The number of pyridine rings is 1. The van der Waals surface area contributed by atoms with Crippen molar-refractivity contribution in [1.29, 1.82) is 5.59 Å². The van der Waals surface area contributed by atoms with Crippen LogP contribution in [0, 0.1) is 17.4 Å². The van der Waals surface area contributed by atoms with Crippen LogP contribution in [0.2, 0.25) is 0 Å². The van der Waals surface area contributed by atoms with Crippen molar-refractivity contribution in [2.45, 2.75) is 6.92 Å². The van der Waals surface area contributed by atoms with E-state index < -0.39 is 21.8 Å².